The Morgan fingerprint density at radius 3 is 2.57 bits per heavy atom. The molecule has 1 aliphatic heterocycles. The minimum atomic E-state index is -0.0827. The topological polar surface area (TPSA) is 55.6 Å². The lowest BCUT2D eigenvalue weighted by Crippen LogP contribution is -2.41. The zero-order valence-corrected chi connectivity index (χ0v) is 13.6. The first kappa shape index (κ1) is 15.8. The van der Waals surface area contributed by atoms with Gasteiger partial charge in [-0.1, -0.05) is 40.7 Å². The van der Waals surface area contributed by atoms with Crippen LogP contribution in [0, 0.1) is 11.3 Å². The van der Waals surface area contributed by atoms with Gasteiger partial charge < -0.3 is 15.4 Å². The Hall–Kier alpha value is -1.55. The van der Waals surface area contributed by atoms with Gasteiger partial charge in [-0.05, 0) is 29.0 Å². The van der Waals surface area contributed by atoms with Gasteiger partial charge in [0.05, 0.1) is 5.69 Å². The zero-order chi connectivity index (χ0) is 15.8. The number of carbonyl (C=O) groups is 1. The number of nitrogens with two attached hydrogens (primary N) is 1. The molecule has 4 heteroatoms. The summed E-state index contributed by atoms with van der Waals surface area (Å²) in [4.78, 5) is 14.0. The first-order chi connectivity index (χ1) is 9.70. The highest BCUT2D eigenvalue weighted by Crippen LogP contribution is 2.38. The number of ether oxygens (including phenoxy) is 1. The molecule has 0 spiro atoms. The Kier molecular flexibility index (Phi) is 4.28. The van der Waals surface area contributed by atoms with Crippen molar-refractivity contribution in [3.63, 3.8) is 0 Å². The number of rotatable bonds is 3. The van der Waals surface area contributed by atoms with E-state index in [1.807, 2.05) is 23.1 Å². The Balaban J connectivity index is 2.40. The average molecular weight is 290 g/mol. The second-order valence-electron chi connectivity index (χ2n) is 7.26. The van der Waals surface area contributed by atoms with E-state index in [9.17, 15) is 4.79 Å². The number of amides is 1. The molecule has 2 rings (SSSR count). The molecule has 1 aliphatic rings. The van der Waals surface area contributed by atoms with Gasteiger partial charge in [0.2, 0.25) is 0 Å². The van der Waals surface area contributed by atoms with Gasteiger partial charge in [-0.2, -0.15) is 0 Å². The molecule has 1 aromatic rings. The first-order valence-electron chi connectivity index (χ1n) is 7.53. The zero-order valence-electron chi connectivity index (χ0n) is 13.6. The largest absolute Gasteiger partial charge is 0.482 e. The van der Waals surface area contributed by atoms with Crippen molar-refractivity contribution in [2.24, 2.45) is 17.1 Å². The van der Waals surface area contributed by atoms with Crippen LogP contribution in [0.25, 0.3) is 0 Å². The fourth-order valence-electron chi connectivity index (χ4n) is 2.48. The third-order valence-corrected chi connectivity index (χ3v) is 3.77. The third-order valence-electron chi connectivity index (χ3n) is 3.77. The van der Waals surface area contributed by atoms with Crippen molar-refractivity contribution in [2.75, 3.05) is 18.1 Å². The Morgan fingerprint density at radius 2 is 2.00 bits per heavy atom. The highest BCUT2D eigenvalue weighted by Gasteiger charge is 2.29. The molecule has 1 heterocycles. The third kappa shape index (κ3) is 3.38. The molecule has 1 aromatic carbocycles. The van der Waals surface area contributed by atoms with Gasteiger partial charge in [-0.25, -0.2) is 0 Å². The molecule has 0 saturated heterocycles. The number of hydrogen-bond donors (Lipinski definition) is 1. The molecule has 0 radical (unpaired) electrons. The van der Waals surface area contributed by atoms with Crippen LogP contribution in [0.1, 0.15) is 46.2 Å². The smallest absolute Gasteiger partial charge is 0.265 e. The van der Waals surface area contributed by atoms with E-state index >= 15 is 0 Å². The van der Waals surface area contributed by atoms with Crippen LogP contribution in [0.5, 0.6) is 5.75 Å². The highest BCUT2D eigenvalue weighted by molar-refractivity contribution is 5.97. The maximum absolute atomic E-state index is 12.1. The van der Waals surface area contributed by atoms with Crippen molar-refractivity contribution in [3.8, 4) is 5.75 Å². The summed E-state index contributed by atoms with van der Waals surface area (Å²) in [5.74, 6) is 1.18. The minimum absolute atomic E-state index is 0.0117. The predicted molar refractivity (Wildman–Crippen MR) is 85.5 cm³/mol. The van der Waals surface area contributed by atoms with E-state index in [1.54, 1.807) is 0 Å². The number of benzene rings is 1. The molecular formula is C17H26N2O2. The van der Waals surface area contributed by atoms with E-state index < -0.39 is 0 Å². The van der Waals surface area contributed by atoms with Gasteiger partial charge in [0, 0.05) is 12.6 Å². The maximum Gasteiger partial charge on any atom is 0.265 e. The molecule has 2 N–H and O–H groups in total. The minimum Gasteiger partial charge on any atom is -0.482 e. The van der Waals surface area contributed by atoms with Gasteiger partial charge in [-0.15, -0.1) is 0 Å². The monoisotopic (exact) mass is 290 g/mol. The molecule has 0 saturated carbocycles. The standard InChI is InChI=1S/C17H26N2O2/c1-11(2)9-19-13-8-12(16(18)17(3,4)5)6-7-14(13)21-10-15(19)20/h6-8,11,16H,9-10,18H2,1-5H3. The summed E-state index contributed by atoms with van der Waals surface area (Å²) >= 11 is 0. The van der Waals surface area contributed by atoms with Gasteiger partial charge in [0.15, 0.2) is 6.61 Å². The van der Waals surface area contributed by atoms with Crippen LogP contribution in [0.3, 0.4) is 0 Å². The molecule has 21 heavy (non-hydrogen) atoms. The van der Waals surface area contributed by atoms with Crippen molar-refractivity contribution in [3.05, 3.63) is 23.8 Å². The highest BCUT2D eigenvalue weighted by atomic mass is 16.5. The summed E-state index contributed by atoms with van der Waals surface area (Å²) in [5.41, 5.74) is 8.19. The fraction of sp³-hybridized carbons (Fsp3) is 0.588. The molecule has 0 aliphatic carbocycles. The molecule has 1 atom stereocenters. The summed E-state index contributed by atoms with van der Waals surface area (Å²) < 4.78 is 5.54. The summed E-state index contributed by atoms with van der Waals surface area (Å²) in [6.45, 7) is 11.4. The van der Waals surface area contributed by atoms with Crippen molar-refractivity contribution >= 4 is 11.6 Å². The summed E-state index contributed by atoms with van der Waals surface area (Å²) in [6, 6.07) is 5.85. The lowest BCUT2D eigenvalue weighted by atomic mass is 9.83. The van der Waals surface area contributed by atoms with E-state index in [0.29, 0.717) is 12.5 Å². The van der Waals surface area contributed by atoms with Crippen LogP contribution in [-0.4, -0.2) is 19.1 Å². The van der Waals surface area contributed by atoms with Crippen molar-refractivity contribution in [2.45, 2.75) is 40.7 Å². The Labute approximate surface area is 127 Å². The molecule has 1 unspecified atom stereocenters. The second-order valence-corrected chi connectivity index (χ2v) is 7.26. The van der Waals surface area contributed by atoms with Crippen LogP contribution >= 0.6 is 0 Å². The van der Waals surface area contributed by atoms with E-state index in [0.717, 1.165) is 17.0 Å². The Morgan fingerprint density at radius 1 is 1.33 bits per heavy atom. The van der Waals surface area contributed by atoms with Crippen molar-refractivity contribution < 1.29 is 9.53 Å². The molecular weight excluding hydrogens is 264 g/mol. The van der Waals surface area contributed by atoms with Gasteiger partial charge in [-0.3, -0.25) is 4.79 Å². The normalized spacial score (nSPS) is 16.7. The van der Waals surface area contributed by atoms with Gasteiger partial charge in [0.25, 0.3) is 5.91 Å². The summed E-state index contributed by atoms with van der Waals surface area (Å²) in [5, 5.41) is 0. The summed E-state index contributed by atoms with van der Waals surface area (Å²) in [7, 11) is 0. The van der Waals surface area contributed by atoms with Crippen LogP contribution in [-0.2, 0) is 4.79 Å². The molecule has 116 valence electrons. The van der Waals surface area contributed by atoms with Gasteiger partial charge >= 0.3 is 0 Å². The number of nitrogens with zero attached hydrogens (tertiary/aromatic N) is 1. The molecule has 4 nitrogen and oxygen atoms in total. The quantitative estimate of drug-likeness (QED) is 0.930. The number of anilines is 1. The van der Waals surface area contributed by atoms with Crippen LogP contribution in [0.2, 0.25) is 0 Å². The van der Waals surface area contributed by atoms with E-state index in [-0.39, 0.29) is 24.0 Å². The van der Waals surface area contributed by atoms with E-state index in [4.69, 9.17) is 10.5 Å². The number of fused-ring (bicyclic) bond motifs is 1. The molecule has 0 aromatic heterocycles. The van der Waals surface area contributed by atoms with Crippen LogP contribution in [0.15, 0.2) is 18.2 Å². The maximum atomic E-state index is 12.1. The van der Waals surface area contributed by atoms with Crippen LogP contribution < -0.4 is 15.4 Å². The van der Waals surface area contributed by atoms with Crippen molar-refractivity contribution in [1.29, 1.82) is 0 Å². The summed E-state index contributed by atoms with van der Waals surface area (Å²) in [6.07, 6.45) is 0. The van der Waals surface area contributed by atoms with Crippen LogP contribution in [0.4, 0.5) is 5.69 Å². The second kappa shape index (κ2) is 5.68. The molecule has 1 amide bonds. The lowest BCUT2D eigenvalue weighted by Gasteiger charge is -2.33. The predicted octanol–water partition coefficient (Wildman–Crippen LogP) is 3.11. The first-order valence-corrected chi connectivity index (χ1v) is 7.53. The van der Waals surface area contributed by atoms with E-state index in [1.165, 1.54) is 0 Å². The fourth-order valence-corrected chi connectivity index (χ4v) is 2.48. The van der Waals surface area contributed by atoms with Gasteiger partial charge in [0.1, 0.15) is 5.75 Å². The molecule has 0 bridgehead atoms. The number of carbonyl (C=O) groups excluding carboxylic acids is 1. The molecule has 0 fully saturated rings. The lowest BCUT2D eigenvalue weighted by molar-refractivity contribution is -0.121. The number of hydrogen-bond acceptors (Lipinski definition) is 3. The SMILES string of the molecule is CC(C)CN1C(=O)COc2ccc(C(N)C(C)(C)C)cc21. The average Bonchev–Trinajstić information content (AvgIpc) is 2.39. The van der Waals surface area contributed by atoms with E-state index in [2.05, 4.69) is 34.6 Å². The van der Waals surface area contributed by atoms with Crippen molar-refractivity contribution in [1.82, 2.24) is 0 Å². The Bertz CT molecular complexity index is 532.